The monoisotopic (exact) mass is 378 g/mol. The van der Waals surface area contributed by atoms with Gasteiger partial charge in [0, 0.05) is 37.8 Å². The number of aromatic nitrogens is 2. The number of rotatable bonds is 2. The van der Waals surface area contributed by atoms with E-state index in [1.165, 1.54) is 6.07 Å². The van der Waals surface area contributed by atoms with Crippen molar-refractivity contribution < 1.29 is 22.8 Å². The summed E-state index contributed by atoms with van der Waals surface area (Å²) in [6.07, 6.45) is 1.54. The predicted molar refractivity (Wildman–Crippen MR) is 91.2 cm³/mol. The van der Waals surface area contributed by atoms with Crippen LogP contribution in [-0.2, 0) is 4.74 Å². The van der Waals surface area contributed by atoms with Gasteiger partial charge < -0.3 is 19.5 Å². The smallest absolute Gasteiger partial charge is 0.321 e. The minimum absolute atomic E-state index is 0.0560. The Kier molecular flexibility index (Phi) is 4.55. The minimum Gasteiger partial charge on any atom is -0.381 e. The van der Waals surface area contributed by atoms with E-state index in [1.807, 2.05) is 0 Å². The molecule has 9 heteroatoms. The molecule has 3 heterocycles. The van der Waals surface area contributed by atoms with Crippen LogP contribution < -0.4 is 5.32 Å². The lowest BCUT2D eigenvalue weighted by Gasteiger charge is -2.36. The van der Waals surface area contributed by atoms with Crippen molar-refractivity contribution in [3.8, 4) is 0 Å². The zero-order valence-corrected chi connectivity index (χ0v) is 14.9. The van der Waals surface area contributed by atoms with Gasteiger partial charge in [-0.3, -0.25) is 0 Å². The lowest BCUT2D eigenvalue weighted by atomic mass is 9.72. The molecule has 2 aliphatic rings. The molecule has 1 N–H and O–H groups in total. The fraction of sp³-hybridized carbons (Fsp3) is 0.500. The van der Waals surface area contributed by atoms with Gasteiger partial charge >= 0.3 is 6.03 Å². The molecule has 0 bridgehead atoms. The molecule has 7 nitrogen and oxygen atoms in total. The maximum atomic E-state index is 13.9. The standard InChI is InChI=1S/C18H20F2N4O3/c1-11-21-16(27-23-11)13-9-24(10-18(13)4-6-26-7-5-18)17(25)22-15-3-2-12(19)8-14(15)20/h2-3,8,13H,4-7,9-10H2,1H3,(H,22,25)/t13-/m1/s1. The van der Waals surface area contributed by atoms with Crippen molar-refractivity contribution >= 4 is 11.7 Å². The molecule has 2 saturated heterocycles. The number of aryl methyl sites for hydroxylation is 1. The Labute approximate surface area is 154 Å². The van der Waals surface area contributed by atoms with Crippen LogP contribution in [0.15, 0.2) is 22.7 Å². The number of ether oxygens (including phenoxy) is 1. The summed E-state index contributed by atoms with van der Waals surface area (Å²) in [4.78, 5) is 18.7. The second kappa shape index (κ2) is 6.88. The van der Waals surface area contributed by atoms with Gasteiger partial charge in [-0.25, -0.2) is 13.6 Å². The summed E-state index contributed by atoms with van der Waals surface area (Å²) in [7, 11) is 0. The maximum Gasteiger partial charge on any atom is 0.321 e. The van der Waals surface area contributed by atoms with Crippen LogP contribution in [0.1, 0.15) is 30.5 Å². The fourth-order valence-corrected chi connectivity index (χ4v) is 3.99. The summed E-state index contributed by atoms with van der Waals surface area (Å²) >= 11 is 0. The first kappa shape index (κ1) is 17.8. The number of halogens is 2. The van der Waals surface area contributed by atoms with E-state index >= 15 is 0 Å². The Bertz CT molecular complexity index is 851. The maximum absolute atomic E-state index is 13.9. The molecule has 0 saturated carbocycles. The average molecular weight is 378 g/mol. The van der Waals surface area contributed by atoms with Gasteiger partial charge in [0.15, 0.2) is 5.82 Å². The Morgan fingerprint density at radius 3 is 2.78 bits per heavy atom. The van der Waals surface area contributed by atoms with E-state index in [2.05, 4.69) is 15.5 Å². The van der Waals surface area contributed by atoms with Crippen LogP contribution in [0.3, 0.4) is 0 Å². The molecule has 4 rings (SSSR count). The summed E-state index contributed by atoms with van der Waals surface area (Å²) in [6.45, 7) is 3.82. The van der Waals surface area contributed by atoms with Crippen molar-refractivity contribution in [1.82, 2.24) is 15.0 Å². The van der Waals surface area contributed by atoms with Crippen LogP contribution in [0.5, 0.6) is 0 Å². The van der Waals surface area contributed by atoms with Crippen molar-refractivity contribution in [3.63, 3.8) is 0 Å². The van der Waals surface area contributed by atoms with E-state index in [4.69, 9.17) is 9.26 Å². The van der Waals surface area contributed by atoms with Gasteiger partial charge in [-0.1, -0.05) is 5.16 Å². The third kappa shape index (κ3) is 3.39. The first-order chi connectivity index (χ1) is 13.0. The Hall–Kier alpha value is -2.55. The highest BCUT2D eigenvalue weighted by molar-refractivity contribution is 5.89. The molecular weight excluding hydrogens is 358 g/mol. The molecule has 1 aromatic heterocycles. The zero-order valence-electron chi connectivity index (χ0n) is 14.9. The first-order valence-corrected chi connectivity index (χ1v) is 8.86. The highest BCUT2D eigenvalue weighted by atomic mass is 19.1. The van der Waals surface area contributed by atoms with Crippen molar-refractivity contribution in [3.05, 3.63) is 41.5 Å². The number of hydrogen-bond acceptors (Lipinski definition) is 5. The summed E-state index contributed by atoms with van der Waals surface area (Å²) in [5.74, 6) is -0.556. The largest absolute Gasteiger partial charge is 0.381 e. The molecule has 27 heavy (non-hydrogen) atoms. The quantitative estimate of drug-likeness (QED) is 0.869. The van der Waals surface area contributed by atoms with Crippen LogP contribution in [0, 0.1) is 24.0 Å². The van der Waals surface area contributed by atoms with Gasteiger partial charge in [0.1, 0.15) is 11.6 Å². The molecule has 0 aliphatic carbocycles. The number of nitrogens with one attached hydrogen (secondary N) is 1. The molecule has 2 fully saturated rings. The number of benzene rings is 1. The number of nitrogens with zero attached hydrogens (tertiary/aromatic N) is 3. The third-order valence-electron chi connectivity index (χ3n) is 5.44. The van der Waals surface area contributed by atoms with Crippen molar-refractivity contribution in [2.75, 3.05) is 31.6 Å². The molecular formula is C18H20F2N4O3. The van der Waals surface area contributed by atoms with Gasteiger partial charge in [-0.2, -0.15) is 4.98 Å². The van der Waals surface area contributed by atoms with Crippen LogP contribution in [0.2, 0.25) is 0 Å². The van der Waals surface area contributed by atoms with E-state index in [0.717, 1.165) is 25.0 Å². The van der Waals surface area contributed by atoms with Crippen LogP contribution in [0.25, 0.3) is 0 Å². The molecule has 144 valence electrons. The highest BCUT2D eigenvalue weighted by Crippen LogP contribution is 2.49. The average Bonchev–Trinajstić information content (AvgIpc) is 3.22. The summed E-state index contributed by atoms with van der Waals surface area (Å²) in [6, 6.07) is 2.61. The molecule has 1 atom stereocenters. The predicted octanol–water partition coefficient (Wildman–Crippen LogP) is 3.08. The summed E-state index contributed by atoms with van der Waals surface area (Å²) in [5.41, 5.74) is -0.268. The van der Waals surface area contributed by atoms with E-state index in [1.54, 1.807) is 11.8 Å². The Morgan fingerprint density at radius 2 is 2.11 bits per heavy atom. The third-order valence-corrected chi connectivity index (χ3v) is 5.44. The summed E-state index contributed by atoms with van der Waals surface area (Å²) < 4.78 is 37.8. The summed E-state index contributed by atoms with van der Waals surface area (Å²) in [5, 5.41) is 6.40. The highest BCUT2D eigenvalue weighted by Gasteiger charge is 2.51. The second-order valence-corrected chi connectivity index (χ2v) is 7.14. The lowest BCUT2D eigenvalue weighted by molar-refractivity contribution is 0.00959. The first-order valence-electron chi connectivity index (χ1n) is 8.86. The Balaban J connectivity index is 1.56. The normalized spacial score (nSPS) is 21.6. The van der Waals surface area contributed by atoms with Gasteiger partial charge in [-0.15, -0.1) is 0 Å². The van der Waals surface area contributed by atoms with Crippen LogP contribution >= 0.6 is 0 Å². The fourth-order valence-electron chi connectivity index (χ4n) is 3.99. The van der Waals surface area contributed by atoms with Crippen LogP contribution in [-0.4, -0.2) is 47.4 Å². The van der Waals surface area contributed by atoms with Gasteiger partial charge in [0.05, 0.1) is 11.6 Å². The molecule has 0 unspecified atom stereocenters. The van der Waals surface area contributed by atoms with Crippen molar-refractivity contribution in [2.24, 2.45) is 5.41 Å². The van der Waals surface area contributed by atoms with Crippen molar-refractivity contribution in [2.45, 2.75) is 25.7 Å². The SMILES string of the molecule is Cc1noc([C@H]2CN(C(=O)Nc3ccc(F)cc3F)CC23CCOCC3)n1. The van der Waals surface area contributed by atoms with E-state index in [-0.39, 0.29) is 17.0 Å². The molecule has 2 aromatic rings. The number of urea groups is 1. The van der Waals surface area contributed by atoms with E-state index in [9.17, 15) is 13.6 Å². The van der Waals surface area contributed by atoms with Gasteiger partial charge in [0.2, 0.25) is 5.89 Å². The van der Waals surface area contributed by atoms with Crippen molar-refractivity contribution in [1.29, 1.82) is 0 Å². The number of amides is 2. The minimum atomic E-state index is -0.813. The zero-order chi connectivity index (χ0) is 19.0. The van der Waals surface area contributed by atoms with Gasteiger partial charge in [0.25, 0.3) is 0 Å². The van der Waals surface area contributed by atoms with E-state index < -0.39 is 17.7 Å². The van der Waals surface area contributed by atoms with Gasteiger partial charge in [-0.05, 0) is 31.9 Å². The molecule has 2 amide bonds. The number of carbonyl (C=O) groups excluding carboxylic acids is 1. The molecule has 1 aromatic carbocycles. The second-order valence-electron chi connectivity index (χ2n) is 7.14. The number of likely N-dealkylation sites (tertiary alicyclic amines) is 1. The van der Waals surface area contributed by atoms with E-state index in [0.29, 0.717) is 38.0 Å². The van der Waals surface area contributed by atoms with Crippen LogP contribution in [0.4, 0.5) is 19.3 Å². The number of anilines is 1. The Morgan fingerprint density at radius 1 is 1.33 bits per heavy atom. The molecule has 1 spiro atoms. The molecule has 0 radical (unpaired) electrons. The number of carbonyl (C=O) groups is 1. The lowest BCUT2D eigenvalue weighted by Crippen LogP contribution is -2.38. The number of hydrogen-bond donors (Lipinski definition) is 1. The molecule has 2 aliphatic heterocycles. The topological polar surface area (TPSA) is 80.5 Å².